The first-order chi connectivity index (χ1) is 5.91. The van der Waals surface area contributed by atoms with Gasteiger partial charge in [-0.1, -0.05) is 0 Å². The Labute approximate surface area is 89.3 Å². The number of carbonyl (C=O) groups is 2. The summed E-state index contributed by atoms with van der Waals surface area (Å²) in [6.45, 7) is 2.95. The molecule has 1 unspecified atom stereocenters. The van der Waals surface area contributed by atoms with Crippen LogP contribution in [0.4, 0.5) is 0 Å². The van der Waals surface area contributed by atoms with Crippen molar-refractivity contribution in [3.8, 4) is 0 Å². The van der Waals surface area contributed by atoms with Crippen molar-refractivity contribution in [2.24, 2.45) is 11.1 Å². The maximum absolute atomic E-state index is 11.3. The van der Waals surface area contributed by atoms with Gasteiger partial charge in [-0.25, -0.2) is 0 Å². The summed E-state index contributed by atoms with van der Waals surface area (Å²) in [6.07, 6.45) is 0. The van der Waals surface area contributed by atoms with E-state index in [1.165, 1.54) is 21.1 Å². The second-order valence-electron chi connectivity index (χ2n) is 2.97. The van der Waals surface area contributed by atoms with Crippen molar-refractivity contribution in [3.05, 3.63) is 0 Å². The van der Waals surface area contributed by atoms with Crippen molar-refractivity contribution in [2.45, 2.75) is 19.9 Å². The summed E-state index contributed by atoms with van der Waals surface area (Å²) in [6, 6.07) is -0.660. The van der Waals surface area contributed by atoms with Crippen molar-refractivity contribution in [3.63, 3.8) is 0 Å². The molecule has 0 aromatic heterocycles. The molecule has 0 aliphatic rings. The average Bonchev–Trinajstić information content (AvgIpc) is 2.13. The molecule has 0 amide bonds. The van der Waals surface area contributed by atoms with Gasteiger partial charge in [-0.2, -0.15) is 0 Å². The Morgan fingerprint density at radius 1 is 1.21 bits per heavy atom. The fourth-order valence-electron chi connectivity index (χ4n) is 0.879. The molecule has 0 spiro atoms. The van der Waals surface area contributed by atoms with Gasteiger partial charge in [-0.3, -0.25) is 9.59 Å². The van der Waals surface area contributed by atoms with Gasteiger partial charge in [0.15, 0.2) is 5.41 Å². The van der Waals surface area contributed by atoms with E-state index in [0.717, 1.165) is 0 Å². The Morgan fingerprint density at radius 2 is 1.50 bits per heavy atom. The molecule has 0 fully saturated rings. The maximum Gasteiger partial charge on any atom is 0.324 e. The molecule has 0 aliphatic heterocycles. The normalized spacial score (nSPS) is 12.4. The monoisotopic (exact) mass is 225 g/mol. The Morgan fingerprint density at radius 3 is 1.64 bits per heavy atom. The molecular weight excluding hydrogens is 210 g/mol. The Balaban J connectivity index is 0. The molecule has 14 heavy (non-hydrogen) atoms. The van der Waals surface area contributed by atoms with Crippen LogP contribution in [0, 0.1) is 5.41 Å². The van der Waals surface area contributed by atoms with Gasteiger partial charge in [0.1, 0.15) is 0 Å². The quantitative estimate of drug-likeness (QED) is 0.545. The summed E-state index contributed by atoms with van der Waals surface area (Å²) in [5.41, 5.74) is 4.10. The fourth-order valence-corrected chi connectivity index (χ4v) is 0.879. The van der Waals surface area contributed by atoms with E-state index in [9.17, 15) is 9.59 Å². The zero-order valence-electron chi connectivity index (χ0n) is 8.70. The summed E-state index contributed by atoms with van der Waals surface area (Å²) in [4.78, 5) is 22.5. The van der Waals surface area contributed by atoms with E-state index in [1.54, 1.807) is 6.92 Å². The standard InChI is InChI=1S/C8H15NO4.ClH/c1-5(9)8(2,6(10)12-3)7(11)13-4;/h5H,9H2,1-4H3;1H. The van der Waals surface area contributed by atoms with Crippen LogP contribution in [0.2, 0.25) is 0 Å². The van der Waals surface area contributed by atoms with E-state index in [2.05, 4.69) is 9.47 Å². The van der Waals surface area contributed by atoms with Crippen LogP contribution in [0.5, 0.6) is 0 Å². The van der Waals surface area contributed by atoms with Crippen molar-refractivity contribution >= 4 is 24.3 Å². The Kier molecular flexibility index (Phi) is 6.51. The zero-order chi connectivity index (χ0) is 10.6. The van der Waals surface area contributed by atoms with E-state index in [1.807, 2.05) is 0 Å². The number of carbonyl (C=O) groups excluding carboxylic acids is 2. The first kappa shape index (κ1) is 15.7. The molecule has 2 N–H and O–H groups in total. The second-order valence-corrected chi connectivity index (χ2v) is 2.97. The van der Waals surface area contributed by atoms with E-state index >= 15 is 0 Å². The number of halogens is 1. The fraction of sp³-hybridized carbons (Fsp3) is 0.750. The lowest BCUT2D eigenvalue weighted by Crippen LogP contribution is -2.50. The number of nitrogens with two attached hydrogens (primary N) is 1. The van der Waals surface area contributed by atoms with Gasteiger partial charge < -0.3 is 15.2 Å². The minimum atomic E-state index is -1.43. The lowest BCUT2D eigenvalue weighted by atomic mass is 9.84. The number of hydrogen-bond donors (Lipinski definition) is 1. The van der Waals surface area contributed by atoms with Crippen LogP contribution in [0.15, 0.2) is 0 Å². The molecule has 84 valence electrons. The zero-order valence-corrected chi connectivity index (χ0v) is 9.51. The van der Waals surface area contributed by atoms with Gasteiger partial charge >= 0.3 is 11.9 Å². The highest BCUT2D eigenvalue weighted by Gasteiger charge is 2.47. The molecule has 0 heterocycles. The lowest BCUT2D eigenvalue weighted by Gasteiger charge is -2.26. The van der Waals surface area contributed by atoms with Crippen LogP contribution in [0.25, 0.3) is 0 Å². The van der Waals surface area contributed by atoms with Crippen molar-refractivity contribution < 1.29 is 19.1 Å². The summed E-state index contributed by atoms with van der Waals surface area (Å²) in [5, 5.41) is 0. The highest BCUT2D eigenvalue weighted by atomic mass is 35.5. The lowest BCUT2D eigenvalue weighted by molar-refractivity contribution is -0.169. The van der Waals surface area contributed by atoms with Crippen molar-refractivity contribution in [1.29, 1.82) is 0 Å². The third kappa shape index (κ3) is 2.59. The molecule has 0 aromatic rings. The molecule has 0 radical (unpaired) electrons. The van der Waals surface area contributed by atoms with Gasteiger partial charge in [0.05, 0.1) is 14.2 Å². The van der Waals surface area contributed by atoms with Crippen LogP contribution in [-0.4, -0.2) is 32.2 Å². The molecule has 5 nitrogen and oxygen atoms in total. The van der Waals surface area contributed by atoms with Gasteiger partial charge in [-0.05, 0) is 13.8 Å². The topological polar surface area (TPSA) is 78.6 Å². The minimum absolute atomic E-state index is 0. The van der Waals surface area contributed by atoms with E-state index in [0.29, 0.717) is 0 Å². The van der Waals surface area contributed by atoms with Crippen LogP contribution < -0.4 is 5.73 Å². The molecule has 1 atom stereocenters. The summed E-state index contributed by atoms with van der Waals surface area (Å²) in [5.74, 6) is -1.37. The number of rotatable bonds is 3. The predicted octanol–water partition coefficient (Wildman–Crippen LogP) is 0.108. The smallest absolute Gasteiger partial charge is 0.324 e. The number of hydrogen-bond acceptors (Lipinski definition) is 5. The molecule has 0 saturated heterocycles. The van der Waals surface area contributed by atoms with Crippen LogP contribution in [0.3, 0.4) is 0 Å². The second kappa shape index (κ2) is 5.82. The molecule has 0 saturated carbocycles. The van der Waals surface area contributed by atoms with Crippen molar-refractivity contribution in [1.82, 2.24) is 0 Å². The van der Waals surface area contributed by atoms with E-state index in [4.69, 9.17) is 5.73 Å². The van der Waals surface area contributed by atoms with Crippen LogP contribution in [0.1, 0.15) is 13.8 Å². The van der Waals surface area contributed by atoms with Crippen LogP contribution in [-0.2, 0) is 19.1 Å². The summed E-state index contributed by atoms with van der Waals surface area (Å²) in [7, 11) is 2.40. The Bertz CT molecular complexity index is 201. The van der Waals surface area contributed by atoms with Gasteiger partial charge in [0.25, 0.3) is 0 Å². The van der Waals surface area contributed by atoms with Crippen molar-refractivity contribution in [2.75, 3.05) is 14.2 Å². The Hall–Kier alpha value is -0.810. The molecule has 0 aromatic carbocycles. The number of methoxy groups -OCH3 is 2. The number of esters is 2. The molecule has 6 heteroatoms. The average molecular weight is 226 g/mol. The number of ether oxygens (including phenoxy) is 2. The van der Waals surface area contributed by atoms with Gasteiger partial charge in [-0.15, -0.1) is 12.4 Å². The summed E-state index contributed by atoms with van der Waals surface area (Å²) >= 11 is 0. The highest BCUT2D eigenvalue weighted by molar-refractivity contribution is 6.00. The molecule has 0 rings (SSSR count). The minimum Gasteiger partial charge on any atom is -0.468 e. The third-order valence-electron chi connectivity index (χ3n) is 2.13. The molecule has 0 bridgehead atoms. The first-order valence-corrected chi connectivity index (χ1v) is 3.83. The van der Waals surface area contributed by atoms with Gasteiger partial charge in [0, 0.05) is 6.04 Å². The largest absolute Gasteiger partial charge is 0.468 e. The third-order valence-corrected chi connectivity index (χ3v) is 2.13. The van der Waals surface area contributed by atoms with E-state index in [-0.39, 0.29) is 12.4 Å². The summed E-state index contributed by atoms with van der Waals surface area (Å²) < 4.78 is 8.96. The maximum atomic E-state index is 11.3. The van der Waals surface area contributed by atoms with Crippen LogP contribution >= 0.6 is 12.4 Å². The highest BCUT2D eigenvalue weighted by Crippen LogP contribution is 2.23. The van der Waals surface area contributed by atoms with E-state index < -0.39 is 23.4 Å². The molecular formula is C8H16ClNO4. The van der Waals surface area contributed by atoms with Gasteiger partial charge in [0.2, 0.25) is 0 Å². The molecule has 0 aliphatic carbocycles. The SMILES string of the molecule is COC(=O)C(C)(C(=O)OC)C(C)N.Cl. The predicted molar refractivity (Wildman–Crippen MR) is 53.0 cm³/mol. The first-order valence-electron chi connectivity index (χ1n) is 3.83.